The van der Waals surface area contributed by atoms with E-state index in [1.54, 1.807) is 0 Å². The van der Waals surface area contributed by atoms with E-state index in [0.29, 0.717) is 0 Å². The number of aromatic amines is 1. The first-order valence-electron chi connectivity index (χ1n) is 9.69. The van der Waals surface area contributed by atoms with E-state index in [4.69, 9.17) is 0 Å². The third-order valence-corrected chi connectivity index (χ3v) is 6.07. The molecule has 1 unspecified atom stereocenters. The Morgan fingerprint density at radius 2 is 2.12 bits per heavy atom. The fraction of sp³-hybridized carbons (Fsp3) is 0.500. The summed E-state index contributed by atoms with van der Waals surface area (Å²) in [7, 11) is 1.96. The summed E-state index contributed by atoms with van der Waals surface area (Å²) in [5, 5.41) is 9.41. The minimum atomic E-state index is 0.289. The Bertz CT molecular complexity index is 912. The molecule has 2 fully saturated rings. The number of fused-ring (bicyclic) bond motifs is 1. The Hall–Kier alpha value is -2.34. The minimum Gasteiger partial charge on any atom is -0.369 e. The summed E-state index contributed by atoms with van der Waals surface area (Å²) in [4.78, 5) is 10.5. The number of rotatable bonds is 2. The number of anilines is 1. The van der Waals surface area contributed by atoms with Gasteiger partial charge in [0.25, 0.3) is 0 Å². The zero-order valence-corrected chi connectivity index (χ0v) is 15.3. The van der Waals surface area contributed by atoms with Crippen LogP contribution in [0.25, 0.3) is 22.2 Å². The molecule has 1 atom stereocenters. The molecule has 5 heterocycles. The second kappa shape index (κ2) is 6.13. The molecule has 6 heteroatoms. The molecule has 0 aromatic carbocycles. The maximum Gasteiger partial charge on any atom is 0.139 e. The first-order valence-corrected chi connectivity index (χ1v) is 9.69. The molecule has 2 aliphatic heterocycles. The van der Waals surface area contributed by atoms with Crippen LogP contribution in [0.4, 0.5) is 5.69 Å². The largest absolute Gasteiger partial charge is 0.369 e. The quantitative estimate of drug-likeness (QED) is 0.746. The highest BCUT2D eigenvalue weighted by Gasteiger charge is 2.36. The van der Waals surface area contributed by atoms with Crippen LogP contribution in [0.5, 0.6) is 0 Å². The number of hydrogen-bond acceptors (Lipinski definition) is 4. The van der Waals surface area contributed by atoms with Crippen molar-refractivity contribution in [1.82, 2.24) is 25.1 Å². The highest BCUT2D eigenvalue weighted by atomic mass is 15.2. The van der Waals surface area contributed by atoms with Crippen LogP contribution in [-0.4, -0.2) is 44.9 Å². The van der Waals surface area contributed by atoms with Gasteiger partial charge in [-0.3, -0.25) is 4.68 Å². The lowest BCUT2D eigenvalue weighted by Gasteiger charge is -2.47. The summed E-state index contributed by atoms with van der Waals surface area (Å²) in [6, 6.07) is 2.18. The number of pyridine rings is 1. The molecule has 3 aromatic rings. The standard InChI is InChI=1S/C20H26N6/c1-25-13-15(11-24-25)16-12-22-19-18(16)17(5-9-21-19)26-10-4-7-20(14-26)6-2-3-8-23-20/h5,9,11-13,23H,2-4,6-8,10,14H2,1H3,(H,21,22). The van der Waals surface area contributed by atoms with Gasteiger partial charge >= 0.3 is 0 Å². The summed E-state index contributed by atoms with van der Waals surface area (Å²) in [5.74, 6) is 0. The van der Waals surface area contributed by atoms with Crippen molar-refractivity contribution in [2.24, 2.45) is 7.05 Å². The predicted molar refractivity (Wildman–Crippen MR) is 104 cm³/mol. The van der Waals surface area contributed by atoms with Crippen molar-refractivity contribution in [2.75, 3.05) is 24.5 Å². The number of hydrogen-bond donors (Lipinski definition) is 2. The lowest BCUT2D eigenvalue weighted by Crippen LogP contribution is -2.59. The zero-order valence-electron chi connectivity index (χ0n) is 15.3. The molecule has 0 bridgehead atoms. The van der Waals surface area contributed by atoms with Gasteiger partial charge in [-0.1, -0.05) is 6.42 Å². The van der Waals surface area contributed by atoms with E-state index in [9.17, 15) is 0 Å². The monoisotopic (exact) mass is 350 g/mol. The van der Waals surface area contributed by atoms with E-state index in [0.717, 1.165) is 30.8 Å². The first-order chi connectivity index (χ1) is 12.7. The fourth-order valence-corrected chi connectivity index (χ4v) is 4.81. The lowest BCUT2D eigenvalue weighted by atomic mass is 9.81. The van der Waals surface area contributed by atoms with Crippen LogP contribution in [0.15, 0.2) is 30.9 Å². The smallest absolute Gasteiger partial charge is 0.139 e. The maximum absolute atomic E-state index is 4.57. The molecule has 5 rings (SSSR count). The molecule has 0 saturated carbocycles. The second-order valence-corrected chi connectivity index (χ2v) is 7.85. The molecule has 136 valence electrons. The molecular weight excluding hydrogens is 324 g/mol. The van der Waals surface area contributed by atoms with Gasteiger partial charge in [-0.15, -0.1) is 0 Å². The molecule has 0 radical (unpaired) electrons. The van der Waals surface area contributed by atoms with Crippen LogP contribution in [0, 0.1) is 0 Å². The number of nitrogens with zero attached hydrogens (tertiary/aromatic N) is 4. The van der Waals surface area contributed by atoms with Crippen molar-refractivity contribution < 1.29 is 0 Å². The molecule has 2 aliphatic rings. The van der Waals surface area contributed by atoms with Crippen LogP contribution < -0.4 is 10.2 Å². The van der Waals surface area contributed by atoms with E-state index in [2.05, 4.69) is 43.7 Å². The highest BCUT2D eigenvalue weighted by molar-refractivity contribution is 6.02. The average Bonchev–Trinajstić information content (AvgIpc) is 3.28. The van der Waals surface area contributed by atoms with Gasteiger partial charge in [0.1, 0.15) is 5.65 Å². The van der Waals surface area contributed by atoms with Crippen LogP contribution in [-0.2, 0) is 7.05 Å². The third kappa shape index (κ3) is 2.60. The molecule has 6 nitrogen and oxygen atoms in total. The average molecular weight is 350 g/mol. The van der Waals surface area contributed by atoms with Gasteiger partial charge < -0.3 is 15.2 Å². The van der Waals surface area contributed by atoms with E-state index in [-0.39, 0.29) is 5.54 Å². The highest BCUT2D eigenvalue weighted by Crippen LogP contribution is 2.38. The number of aromatic nitrogens is 4. The second-order valence-electron chi connectivity index (χ2n) is 7.85. The third-order valence-electron chi connectivity index (χ3n) is 6.07. The molecular formula is C20H26N6. The Labute approximate surface area is 153 Å². The van der Waals surface area contributed by atoms with Crippen molar-refractivity contribution >= 4 is 16.7 Å². The van der Waals surface area contributed by atoms with E-state index in [1.165, 1.54) is 48.7 Å². The van der Waals surface area contributed by atoms with Crippen molar-refractivity contribution in [3.05, 3.63) is 30.9 Å². The summed E-state index contributed by atoms with van der Waals surface area (Å²) in [5.41, 5.74) is 4.86. The summed E-state index contributed by atoms with van der Waals surface area (Å²) < 4.78 is 1.85. The van der Waals surface area contributed by atoms with Gasteiger partial charge in [0.15, 0.2) is 0 Å². The van der Waals surface area contributed by atoms with Crippen LogP contribution in [0.2, 0.25) is 0 Å². The maximum atomic E-state index is 4.57. The van der Waals surface area contributed by atoms with Crippen LogP contribution in [0.3, 0.4) is 0 Å². The van der Waals surface area contributed by atoms with Crippen molar-refractivity contribution in [1.29, 1.82) is 0 Å². The topological polar surface area (TPSA) is 61.8 Å². The van der Waals surface area contributed by atoms with E-state index < -0.39 is 0 Å². The van der Waals surface area contributed by atoms with Gasteiger partial charge in [0, 0.05) is 61.1 Å². The normalized spacial score (nSPS) is 23.8. The molecule has 0 amide bonds. The summed E-state index contributed by atoms with van der Waals surface area (Å²) >= 11 is 0. The molecule has 2 N–H and O–H groups in total. The minimum absolute atomic E-state index is 0.289. The molecule has 1 spiro atoms. The number of nitrogens with one attached hydrogen (secondary N) is 2. The Morgan fingerprint density at radius 3 is 2.92 bits per heavy atom. The lowest BCUT2D eigenvalue weighted by molar-refractivity contribution is 0.216. The SMILES string of the molecule is Cn1cc(-c2c[nH]c3nccc(N4CCCC5(CCCCN5)C4)c23)cn1. The van der Waals surface area contributed by atoms with Crippen LogP contribution >= 0.6 is 0 Å². The zero-order chi connectivity index (χ0) is 17.6. The van der Waals surface area contributed by atoms with Gasteiger partial charge in [-0.05, 0) is 38.3 Å². The van der Waals surface area contributed by atoms with Crippen LogP contribution in [0.1, 0.15) is 32.1 Å². The Morgan fingerprint density at radius 1 is 1.19 bits per heavy atom. The van der Waals surface area contributed by atoms with Gasteiger partial charge in [-0.2, -0.15) is 5.10 Å². The van der Waals surface area contributed by atoms with Crippen molar-refractivity contribution in [3.63, 3.8) is 0 Å². The number of H-pyrrole nitrogens is 1. The summed E-state index contributed by atoms with van der Waals surface area (Å²) in [6.45, 7) is 3.36. The number of piperidine rings is 2. The molecule has 0 aliphatic carbocycles. The van der Waals surface area contributed by atoms with Crippen molar-refractivity contribution in [3.8, 4) is 11.1 Å². The molecule has 3 aromatic heterocycles. The predicted octanol–water partition coefficient (Wildman–Crippen LogP) is 3.08. The number of aryl methyl sites for hydroxylation is 1. The first kappa shape index (κ1) is 15.9. The van der Waals surface area contributed by atoms with Gasteiger partial charge in [0.05, 0.1) is 11.6 Å². The Kier molecular flexibility index (Phi) is 3.74. The van der Waals surface area contributed by atoms with E-state index >= 15 is 0 Å². The van der Waals surface area contributed by atoms with Gasteiger partial charge in [0.2, 0.25) is 0 Å². The molecule has 26 heavy (non-hydrogen) atoms. The Balaban J connectivity index is 1.57. The van der Waals surface area contributed by atoms with E-state index in [1.807, 2.05) is 24.1 Å². The van der Waals surface area contributed by atoms with Gasteiger partial charge in [-0.25, -0.2) is 4.98 Å². The van der Waals surface area contributed by atoms with Crippen molar-refractivity contribution in [2.45, 2.75) is 37.6 Å². The summed E-state index contributed by atoms with van der Waals surface area (Å²) in [6.07, 6.45) is 14.5. The molecule has 2 saturated heterocycles. The fourth-order valence-electron chi connectivity index (χ4n) is 4.81.